The van der Waals surface area contributed by atoms with Gasteiger partial charge in [0, 0.05) is 24.8 Å². The molecule has 1 amide bonds. The fourth-order valence-corrected chi connectivity index (χ4v) is 3.99. The number of aromatic nitrogens is 2. The first-order chi connectivity index (χ1) is 11.6. The maximum absolute atomic E-state index is 12.5. The number of pyridine rings is 1. The van der Waals surface area contributed by atoms with Gasteiger partial charge in [-0.25, -0.2) is 9.97 Å². The zero-order valence-corrected chi connectivity index (χ0v) is 14.7. The van der Waals surface area contributed by atoms with Crippen LogP contribution in [0.3, 0.4) is 0 Å². The van der Waals surface area contributed by atoms with Crippen molar-refractivity contribution >= 4 is 28.2 Å². The Bertz CT molecular complexity index is 706. The van der Waals surface area contributed by atoms with Crippen molar-refractivity contribution < 1.29 is 9.53 Å². The molecule has 0 spiro atoms. The molecule has 0 aromatic carbocycles. The predicted molar refractivity (Wildman–Crippen MR) is 95.9 cm³/mol. The Hall–Kier alpha value is -1.99. The second-order valence-electron chi connectivity index (χ2n) is 6.10. The summed E-state index contributed by atoms with van der Waals surface area (Å²) >= 11 is 1.47. The van der Waals surface area contributed by atoms with Gasteiger partial charge in [-0.2, -0.15) is 0 Å². The lowest BCUT2D eigenvalue weighted by Crippen LogP contribution is -2.29. The Kier molecular flexibility index (Phi) is 5.11. The van der Waals surface area contributed by atoms with Gasteiger partial charge in [0.25, 0.3) is 0 Å². The molecule has 6 nitrogen and oxygen atoms in total. The number of amides is 1. The van der Waals surface area contributed by atoms with Gasteiger partial charge >= 0.3 is 0 Å². The van der Waals surface area contributed by atoms with Crippen molar-refractivity contribution in [3.63, 3.8) is 0 Å². The Morgan fingerprint density at radius 1 is 1.33 bits per heavy atom. The summed E-state index contributed by atoms with van der Waals surface area (Å²) in [6.45, 7) is 1.93. The van der Waals surface area contributed by atoms with Crippen LogP contribution in [0, 0.1) is 12.8 Å². The SMILES string of the molecule is COC1CCC(C(=O)Nc2nc(C)c(-c3ccc(N)nc3)s2)CC1. The van der Waals surface area contributed by atoms with Gasteiger partial charge in [-0.15, -0.1) is 0 Å². The molecular formula is C17H22N4O2S. The Balaban J connectivity index is 1.67. The number of rotatable bonds is 4. The highest BCUT2D eigenvalue weighted by Crippen LogP contribution is 2.33. The second-order valence-corrected chi connectivity index (χ2v) is 7.10. The number of nitrogens with one attached hydrogen (secondary N) is 1. The molecule has 128 valence electrons. The van der Waals surface area contributed by atoms with Gasteiger partial charge < -0.3 is 15.8 Å². The number of anilines is 2. The van der Waals surface area contributed by atoms with Crippen molar-refractivity contribution in [2.24, 2.45) is 5.92 Å². The van der Waals surface area contributed by atoms with E-state index < -0.39 is 0 Å². The van der Waals surface area contributed by atoms with Crippen LogP contribution >= 0.6 is 11.3 Å². The van der Waals surface area contributed by atoms with Gasteiger partial charge in [0.15, 0.2) is 5.13 Å². The Morgan fingerprint density at radius 3 is 2.71 bits per heavy atom. The molecule has 0 aliphatic heterocycles. The summed E-state index contributed by atoms with van der Waals surface area (Å²) in [5.74, 6) is 0.587. The van der Waals surface area contributed by atoms with E-state index in [1.807, 2.05) is 13.0 Å². The van der Waals surface area contributed by atoms with E-state index in [4.69, 9.17) is 10.5 Å². The van der Waals surface area contributed by atoms with Crippen LogP contribution in [0.15, 0.2) is 18.3 Å². The fraction of sp³-hybridized carbons (Fsp3) is 0.471. The van der Waals surface area contributed by atoms with E-state index >= 15 is 0 Å². The molecule has 7 heteroatoms. The highest BCUT2D eigenvalue weighted by atomic mass is 32.1. The molecule has 2 aromatic heterocycles. The fourth-order valence-electron chi connectivity index (χ4n) is 3.03. The van der Waals surface area contributed by atoms with Crippen LogP contribution in [-0.4, -0.2) is 29.1 Å². The molecule has 0 unspecified atom stereocenters. The van der Waals surface area contributed by atoms with Crippen molar-refractivity contribution in [1.29, 1.82) is 0 Å². The number of hydrogen-bond donors (Lipinski definition) is 2. The number of carbonyl (C=O) groups excluding carboxylic acids is 1. The molecule has 1 aliphatic rings. The van der Waals surface area contributed by atoms with Gasteiger partial charge in [-0.3, -0.25) is 4.79 Å². The first-order valence-electron chi connectivity index (χ1n) is 8.10. The first-order valence-corrected chi connectivity index (χ1v) is 8.91. The zero-order chi connectivity index (χ0) is 17.1. The maximum atomic E-state index is 12.5. The highest BCUT2D eigenvalue weighted by Gasteiger charge is 2.27. The summed E-state index contributed by atoms with van der Waals surface area (Å²) in [4.78, 5) is 22.0. The summed E-state index contributed by atoms with van der Waals surface area (Å²) in [7, 11) is 1.73. The minimum absolute atomic E-state index is 0.0437. The third kappa shape index (κ3) is 3.73. The largest absolute Gasteiger partial charge is 0.384 e. The number of nitrogen functional groups attached to an aromatic ring is 1. The van der Waals surface area contributed by atoms with Crippen molar-refractivity contribution in [3.05, 3.63) is 24.0 Å². The first kappa shape index (κ1) is 16.9. The van der Waals surface area contributed by atoms with E-state index in [2.05, 4.69) is 15.3 Å². The molecule has 3 rings (SSSR count). The maximum Gasteiger partial charge on any atom is 0.229 e. The number of methoxy groups -OCH3 is 1. The third-order valence-corrected chi connectivity index (χ3v) is 5.58. The average molecular weight is 346 g/mol. The lowest BCUT2D eigenvalue weighted by Gasteiger charge is -2.26. The number of aryl methyl sites for hydroxylation is 1. The number of carbonyl (C=O) groups is 1. The normalized spacial score (nSPS) is 20.8. The van der Waals surface area contributed by atoms with E-state index in [0.29, 0.717) is 17.1 Å². The van der Waals surface area contributed by atoms with Crippen molar-refractivity contribution in [3.8, 4) is 10.4 Å². The molecule has 3 N–H and O–H groups in total. The quantitative estimate of drug-likeness (QED) is 0.887. The molecule has 0 radical (unpaired) electrons. The van der Waals surface area contributed by atoms with Crippen molar-refractivity contribution in [1.82, 2.24) is 9.97 Å². The molecule has 24 heavy (non-hydrogen) atoms. The van der Waals surface area contributed by atoms with E-state index in [1.165, 1.54) is 11.3 Å². The van der Waals surface area contributed by atoms with E-state index in [9.17, 15) is 4.79 Å². The summed E-state index contributed by atoms with van der Waals surface area (Å²) in [6.07, 6.45) is 5.63. The number of thiazole rings is 1. The van der Waals surface area contributed by atoms with Crippen molar-refractivity contribution in [2.75, 3.05) is 18.2 Å². The van der Waals surface area contributed by atoms with Crippen LogP contribution in [0.5, 0.6) is 0 Å². The number of nitrogens with zero attached hydrogens (tertiary/aromatic N) is 2. The van der Waals surface area contributed by atoms with Gasteiger partial charge in [-0.05, 0) is 44.7 Å². The van der Waals surface area contributed by atoms with Crippen LogP contribution in [-0.2, 0) is 9.53 Å². The van der Waals surface area contributed by atoms with Gasteiger partial charge in [-0.1, -0.05) is 11.3 Å². The van der Waals surface area contributed by atoms with Crippen LogP contribution < -0.4 is 11.1 Å². The zero-order valence-electron chi connectivity index (χ0n) is 13.9. The predicted octanol–water partition coefficient (Wildman–Crippen LogP) is 3.24. The number of ether oxygens (including phenoxy) is 1. The van der Waals surface area contributed by atoms with Gasteiger partial charge in [0.05, 0.1) is 16.7 Å². The summed E-state index contributed by atoms with van der Waals surface area (Å²) in [5.41, 5.74) is 7.47. The molecule has 1 fully saturated rings. The van der Waals surface area contributed by atoms with E-state index in [-0.39, 0.29) is 11.8 Å². The minimum atomic E-state index is 0.0437. The molecule has 2 aromatic rings. The summed E-state index contributed by atoms with van der Waals surface area (Å²) in [5, 5.41) is 3.61. The summed E-state index contributed by atoms with van der Waals surface area (Å²) < 4.78 is 5.36. The molecule has 1 aliphatic carbocycles. The minimum Gasteiger partial charge on any atom is -0.384 e. The van der Waals surface area contributed by atoms with Crippen molar-refractivity contribution in [2.45, 2.75) is 38.7 Å². The third-order valence-electron chi connectivity index (χ3n) is 4.45. The standard InChI is InChI=1S/C17H22N4O2S/c1-10-15(12-5-8-14(18)19-9-12)24-17(20-10)21-16(22)11-3-6-13(23-2)7-4-11/h5,8-9,11,13H,3-4,6-7H2,1-2H3,(H2,18,19)(H,20,21,22). The van der Waals surface area contributed by atoms with Crippen LogP contribution in [0.2, 0.25) is 0 Å². The van der Waals surface area contributed by atoms with Gasteiger partial charge in [0.1, 0.15) is 5.82 Å². The molecule has 0 atom stereocenters. The van der Waals surface area contributed by atoms with E-state index in [1.54, 1.807) is 19.4 Å². The van der Waals surface area contributed by atoms with Crippen LogP contribution in [0.4, 0.5) is 10.9 Å². The van der Waals surface area contributed by atoms with Crippen LogP contribution in [0.25, 0.3) is 10.4 Å². The summed E-state index contributed by atoms with van der Waals surface area (Å²) in [6, 6.07) is 3.68. The van der Waals surface area contributed by atoms with Crippen LogP contribution in [0.1, 0.15) is 31.4 Å². The number of nitrogens with two attached hydrogens (primary N) is 1. The van der Waals surface area contributed by atoms with E-state index in [0.717, 1.165) is 41.8 Å². The smallest absolute Gasteiger partial charge is 0.229 e. The Labute approximate surface area is 145 Å². The molecule has 0 saturated heterocycles. The second kappa shape index (κ2) is 7.27. The average Bonchev–Trinajstić information content (AvgIpc) is 2.96. The topological polar surface area (TPSA) is 90.1 Å². The lowest BCUT2D eigenvalue weighted by molar-refractivity contribution is -0.121. The lowest BCUT2D eigenvalue weighted by atomic mass is 9.87. The molecular weight excluding hydrogens is 324 g/mol. The Morgan fingerprint density at radius 2 is 2.08 bits per heavy atom. The molecule has 0 bridgehead atoms. The highest BCUT2D eigenvalue weighted by molar-refractivity contribution is 7.19. The monoisotopic (exact) mass is 346 g/mol. The molecule has 1 saturated carbocycles. The molecule has 2 heterocycles. The van der Waals surface area contributed by atoms with Gasteiger partial charge in [0.2, 0.25) is 5.91 Å². The number of hydrogen-bond acceptors (Lipinski definition) is 6.